The first-order chi connectivity index (χ1) is 9.49. The smallest absolute Gasteiger partial charge is 0.257 e. The number of aromatic hydroxyl groups is 1. The number of benzene rings is 1. The molecule has 1 aromatic carbocycles. The summed E-state index contributed by atoms with van der Waals surface area (Å²) in [7, 11) is 1.50. The van der Waals surface area contributed by atoms with Gasteiger partial charge in [0.2, 0.25) is 0 Å². The number of phenolic OH excluding ortho intramolecular Hbond substituents is 1. The summed E-state index contributed by atoms with van der Waals surface area (Å²) in [5.74, 6) is 0.152. The van der Waals surface area contributed by atoms with Crippen LogP contribution in [0.1, 0.15) is 36.5 Å². The second-order valence-electron chi connectivity index (χ2n) is 5.29. The number of likely N-dealkylation sites (tertiary alicyclic amines) is 1. The Balaban J connectivity index is 2.19. The van der Waals surface area contributed by atoms with E-state index in [4.69, 9.17) is 4.74 Å². The third-order valence-corrected chi connectivity index (χ3v) is 3.94. The maximum absolute atomic E-state index is 12.4. The maximum atomic E-state index is 12.4. The van der Waals surface area contributed by atoms with Crippen LogP contribution in [0.25, 0.3) is 0 Å². The standard InChI is InChI=1S/C15H21NO4/c1-3-15(19)7-4-8-16(10-15)14(18)12-6-5-11(20-2)9-13(12)17/h5-6,9,17,19H,3-4,7-8,10H2,1-2H3. The molecule has 1 aliphatic heterocycles. The van der Waals surface area contributed by atoms with Gasteiger partial charge in [0.1, 0.15) is 11.5 Å². The Morgan fingerprint density at radius 3 is 2.85 bits per heavy atom. The predicted molar refractivity (Wildman–Crippen MR) is 75.0 cm³/mol. The lowest BCUT2D eigenvalue weighted by molar-refractivity contribution is -0.0270. The van der Waals surface area contributed by atoms with E-state index in [-0.39, 0.29) is 17.2 Å². The van der Waals surface area contributed by atoms with Crippen molar-refractivity contribution in [2.45, 2.75) is 31.8 Å². The second-order valence-corrected chi connectivity index (χ2v) is 5.29. The van der Waals surface area contributed by atoms with Gasteiger partial charge in [0.15, 0.2) is 0 Å². The van der Waals surface area contributed by atoms with E-state index in [1.807, 2.05) is 6.92 Å². The third-order valence-electron chi connectivity index (χ3n) is 3.94. The number of rotatable bonds is 3. The predicted octanol–water partition coefficient (Wildman–Crippen LogP) is 1.78. The molecule has 1 unspecified atom stereocenters. The van der Waals surface area contributed by atoms with Crippen molar-refractivity contribution in [2.75, 3.05) is 20.2 Å². The molecule has 0 aromatic heterocycles. The molecule has 1 atom stereocenters. The van der Waals surface area contributed by atoms with Crippen LogP contribution in [0.2, 0.25) is 0 Å². The molecule has 1 amide bonds. The minimum Gasteiger partial charge on any atom is -0.507 e. The molecule has 110 valence electrons. The summed E-state index contributed by atoms with van der Waals surface area (Å²) in [5, 5.41) is 20.2. The van der Waals surface area contributed by atoms with E-state index in [0.717, 1.165) is 6.42 Å². The van der Waals surface area contributed by atoms with Crippen molar-refractivity contribution in [1.29, 1.82) is 0 Å². The molecule has 20 heavy (non-hydrogen) atoms. The van der Waals surface area contributed by atoms with Crippen LogP contribution >= 0.6 is 0 Å². The zero-order chi connectivity index (χ0) is 14.8. The number of piperidine rings is 1. The van der Waals surface area contributed by atoms with Gasteiger partial charge in [0.25, 0.3) is 5.91 Å². The van der Waals surface area contributed by atoms with Gasteiger partial charge in [-0.05, 0) is 31.4 Å². The molecule has 0 saturated carbocycles. The molecule has 0 radical (unpaired) electrons. The normalized spacial score (nSPS) is 22.6. The zero-order valence-electron chi connectivity index (χ0n) is 11.9. The number of carbonyl (C=O) groups excluding carboxylic acids is 1. The van der Waals surface area contributed by atoms with Gasteiger partial charge in [-0.15, -0.1) is 0 Å². The van der Waals surface area contributed by atoms with E-state index in [9.17, 15) is 15.0 Å². The number of aliphatic hydroxyl groups is 1. The van der Waals surface area contributed by atoms with Crippen molar-refractivity contribution in [3.05, 3.63) is 23.8 Å². The van der Waals surface area contributed by atoms with Gasteiger partial charge in [-0.2, -0.15) is 0 Å². The summed E-state index contributed by atoms with van der Waals surface area (Å²) < 4.78 is 5.00. The molecule has 2 rings (SSSR count). The number of hydrogen-bond acceptors (Lipinski definition) is 4. The molecular formula is C15H21NO4. The number of phenols is 1. The van der Waals surface area contributed by atoms with Gasteiger partial charge in [-0.25, -0.2) is 0 Å². The highest BCUT2D eigenvalue weighted by Crippen LogP contribution is 2.28. The van der Waals surface area contributed by atoms with E-state index in [0.29, 0.717) is 31.7 Å². The first-order valence-electron chi connectivity index (χ1n) is 6.88. The van der Waals surface area contributed by atoms with Gasteiger partial charge in [0.05, 0.1) is 18.3 Å². The molecule has 1 saturated heterocycles. The van der Waals surface area contributed by atoms with Gasteiger partial charge in [-0.3, -0.25) is 4.79 Å². The van der Waals surface area contributed by atoms with Crippen LogP contribution in [0, 0.1) is 0 Å². The van der Waals surface area contributed by atoms with Crippen molar-refractivity contribution in [1.82, 2.24) is 4.90 Å². The summed E-state index contributed by atoms with van der Waals surface area (Å²) in [6.07, 6.45) is 2.10. The van der Waals surface area contributed by atoms with E-state index in [2.05, 4.69) is 0 Å². The van der Waals surface area contributed by atoms with Crippen LogP contribution < -0.4 is 4.74 Å². The summed E-state index contributed by atoms with van der Waals surface area (Å²) in [6.45, 7) is 2.83. The number of hydrogen-bond donors (Lipinski definition) is 2. The fraction of sp³-hybridized carbons (Fsp3) is 0.533. The van der Waals surface area contributed by atoms with Gasteiger partial charge in [-0.1, -0.05) is 6.92 Å². The van der Waals surface area contributed by atoms with Gasteiger partial charge < -0.3 is 19.8 Å². The topological polar surface area (TPSA) is 70.0 Å². The van der Waals surface area contributed by atoms with Crippen molar-refractivity contribution in [3.8, 4) is 11.5 Å². The average molecular weight is 279 g/mol. The molecule has 5 nitrogen and oxygen atoms in total. The molecule has 0 spiro atoms. The molecule has 5 heteroatoms. The van der Waals surface area contributed by atoms with Crippen molar-refractivity contribution in [2.24, 2.45) is 0 Å². The molecule has 0 aliphatic carbocycles. The lowest BCUT2D eigenvalue weighted by Crippen LogP contribution is -2.49. The lowest BCUT2D eigenvalue weighted by atomic mass is 9.90. The Labute approximate surface area is 118 Å². The summed E-state index contributed by atoms with van der Waals surface area (Å²) in [6, 6.07) is 4.61. The van der Waals surface area contributed by atoms with Crippen LogP contribution in [0.5, 0.6) is 11.5 Å². The first kappa shape index (κ1) is 14.7. The quantitative estimate of drug-likeness (QED) is 0.885. The van der Waals surface area contributed by atoms with E-state index >= 15 is 0 Å². The number of amides is 1. The number of nitrogens with zero attached hydrogens (tertiary/aromatic N) is 1. The van der Waals surface area contributed by atoms with Crippen LogP contribution in [0.3, 0.4) is 0 Å². The number of carbonyl (C=O) groups is 1. The maximum Gasteiger partial charge on any atom is 0.257 e. The molecule has 1 aromatic rings. The van der Waals surface area contributed by atoms with E-state index < -0.39 is 5.60 Å². The highest BCUT2D eigenvalue weighted by atomic mass is 16.5. The molecule has 1 heterocycles. The highest BCUT2D eigenvalue weighted by Gasteiger charge is 2.34. The second kappa shape index (κ2) is 5.71. The summed E-state index contributed by atoms with van der Waals surface area (Å²) >= 11 is 0. The van der Waals surface area contributed by atoms with Crippen LogP contribution in [-0.4, -0.2) is 46.8 Å². The van der Waals surface area contributed by atoms with E-state index in [1.165, 1.54) is 13.2 Å². The Hall–Kier alpha value is -1.75. The Morgan fingerprint density at radius 1 is 1.50 bits per heavy atom. The summed E-state index contributed by atoms with van der Waals surface area (Å²) in [4.78, 5) is 14.0. The SMILES string of the molecule is CCC1(O)CCCN(C(=O)c2ccc(OC)cc2O)C1. The van der Waals surface area contributed by atoms with Gasteiger partial charge in [0, 0.05) is 19.2 Å². The fourth-order valence-electron chi connectivity index (χ4n) is 2.56. The molecule has 2 N–H and O–H groups in total. The van der Waals surface area contributed by atoms with Crippen molar-refractivity contribution in [3.63, 3.8) is 0 Å². The largest absolute Gasteiger partial charge is 0.507 e. The number of methoxy groups -OCH3 is 1. The van der Waals surface area contributed by atoms with Crippen LogP contribution in [0.15, 0.2) is 18.2 Å². The lowest BCUT2D eigenvalue weighted by Gasteiger charge is -2.38. The van der Waals surface area contributed by atoms with Crippen LogP contribution in [0.4, 0.5) is 0 Å². The van der Waals surface area contributed by atoms with Crippen molar-refractivity contribution < 1.29 is 19.7 Å². The van der Waals surface area contributed by atoms with Gasteiger partial charge >= 0.3 is 0 Å². The highest BCUT2D eigenvalue weighted by molar-refractivity contribution is 5.97. The number of ether oxygens (including phenoxy) is 1. The Kier molecular flexibility index (Phi) is 4.18. The van der Waals surface area contributed by atoms with Crippen LogP contribution in [-0.2, 0) is 0 Å². The fourth-order valence-corrected chi connectivity index (χ4v) is 2.56. The Bertz CT molecular complexity index is 503. The molecular weight excluding hydrogens is 258 g/mol. The third kappa shape index (κ3) is 2.88. The van der Waals surface area contributed by atoms with Crippen molar-refractivity contribution >= 4 is 5.91 Å². The molecule has 1 aliphatic rings. The van der Waals surface area contributed by atoms with E-state index in [1.54, 1.807) is 17.0 Å². The zero-order valence-corrected chi connectivity index (χ0v) is 11.9. The Morgan fingerprint density at radius 2 is 2.25 bits per heavy atom. The minimum absolute atomic E-state index is 0.0973. The monoisotopic (exact) mass is 279 g/mol. The molecule has 0 bridgehead atoms. The molecule has 1 fully saturated rings. The number of β-amino-alcohol motifs (C(OH)–C–C–N with tert-alkyl or cyclic N) is 1. The average Bonchev–Trinajstić information content (AvgIpc) is 2.46. The summed E-state index contributed by atoms with van der Waals surface area (Å²) in [5.41, 5.74) is -0.568. The minimum atomic E-state index is -0.810. The first-order valence-corrected chi connectivity index (χ1v) is 6.88.